The Morgan fingerprint density at radius 1 is 1.25 bits per heavy atom. The Morgan fingerprint density at radius 2 is 2.04 bits per heavy atom. The number of urea groups is 1. The van der Waals surface area contributed by atoms with Gasteiger partial charge in [0.05, 0.1) is 12.2 Å². The largest absolute Gasteiger partial charge is 0.490 e. The molecule has 3 atom stereocenters. The van der Waals surface area contributed by atoms with Gasteiger partial charge in [-0.15, -0.1) is 0 Å². The third-order valence-electron chi connectivity index (χ3n) is 5.53. The number of aryl methyl sites for hydroxylation is 1. The molecule has 4 rings (SSSR count). The van der Waals surface area contributed by atoms with Crippen molar-refractivity contribution in [3.05, 3.63) is 24.5 Å². The molecular formula is C20H27N5O3. The number of fused-ring (bicyclic) bond motifs is 2. The molecule has 0 aliphatic carbocycles. The summed E-state index contributed by atoms with van der Waals surface area (Å²) < 4.78 is 12.5. The van der Waals surface area contributed by atoms with Crippen molar-refractivity contribution in [3.8, 4) is 17.1 Å². The Kier molecular flexibility index (Phi) is 5.21. The molecule has 2 aliphatic heterocycles. The number of benzene rings is 1. The summed E-state index contributed by atoms with van der Waals surface area (Å²) >= 11 is 0. The van der Waals surface area contributed by atoms with Gasteiger partial charge in [-0.3, -0.25) is 4.68 Å². The van der Waals surface area contributed by atoms with Gasteiger partial charge in [-0.2, -0.15) is 5.10 Å². The lowest BCUT2D eigenvalue weighted by molar-refractivity contribution is -0.00601. The lowest BCUT2D eigenvalue weighted by atomic mass is 9.74. The molecule has 1 aromatic carbocycles. The number of amides is 2. The van der Waals surface area contributed by atoms with Crippen molar-refractivity contribution in [3.63, 3.8) is 0 Å². The van der Waals surface area contributed by atoms with E-state index in [2.05, 4.69) is 22.3 Å². The van der Waals surface area contributed by atoms with Crippen molar-refractivity contribution in [2.45, 2.75) is 38.3 Å². The number of nitrogens with zero attached hydrogens (tertiary/aromatic N) is 4. The van der Waals surface area contributed by atoms with Crippen LogP contribution in [0.2, 0.25) is 0 Å². The lowest BCUT2D eigenvalue weighted by Crippen LogP contribution is -2.63. The van der Waals surface area contributed by atoms with Crippen molar-refractivity contribution in [2.24, 2.45) is 13.0 Å². The number of carbonyl (C=O) groups excluding carboxylic acids is 1. The zero-order chi connectivity index (χ0) is 19.7. The van der Waals surface area contributed by atoms with E-state index < -0.39 is 0 Å². The summed E-state index contributed by atoms with van der Waals surface area (Å²) in [6.07, 6.45) is 4.97. The van der Waals surface area contributed by atoms with Gasteiger partial charge in [-0.1, -0.05) is 6.92 Å². The molecule has 2 bridgehead atoms. The molecule has 3 heterocycles. The van der Waals surface area contributed by atoms with Gasteiger partial charge in [0.15, 0.2) is 5.82 Å². The Morgan fingerprint density at radius 3 is 2.71 bits per heavy atom. The van der Waals surface area contributed by atoms with Crippen LogP contribution in [0.3, 0.4) is 0 Å². The summed E-state index contributed by atoms with van der Waals surface area (Å²) in [6, 6.07) is 6.29. The Bertz CT molecular complexity index is 840. The van der Waals surface area contributed by atoms with Gasteiger partial charge < -0.3 is 19.7 Å². The lowest BCUT2D eigenvalue weighted by Gasteiger charge is -2.54. The molecule has 28 heavy (non-hydrogen) atoms. The van der Waals surface area contributed by atoms with Gasteiger partial charge in [-0.25, -0.2) is 9.78 Å². The summed E-state index contributed by atoms with van der Waals surface area (Å²) in [6.45, 7) is 3.18. The van der Waals surface area contributed by atoms with Crippen LogP contribution in [-0.4, -0.2) is 58.1 Å². The van der Waals surface area contributed by atoms with Crippen molar-refractivity contribution >= 4 is 11.7 Å². The van der Waals surface area contributed by atoms with Gasteiger partial charge in [0.2, 0.25) is 0 Å². The van der Waals surface area contributed by atoms with E-state index in [-0.39, 0.29) is 6.03 Å². The highest BCUT2D eigenvalue weighted by Gasteiger charge is 2.46. The first-order valence-electron chi connectivity index (χ1n) is 9.76. The van der Waals surface area contributed by atoms with Gasteiger partial charge >= 0.3 is 6.03 Å². The van der Waals surface area contributed by atoms with Crippen molar-refractivity contribution in [2.75, 3.05) is 25.6 Å². The Labute approximate surface area is 164 Å². The second kappa shape index (κ2) is 7.79. The maximum atomic E-state index is 12.8. The Balaban J connectivity index is 1.52. The highest BCUT2D eigenvalue weighted by atomic mass is 16.5. The fourth-order valence-corrected chi connectivity index (χ4v) is 4.27. The molecule has 2 aliphatic rings. The molecular weight excluding hydrogens is 358 g/mol. The highest BCUT2D eigenvalue weighted by Crippen LogP contribution is 2.41. The summed E-state index contributed by atoms with van der Waals surface area (Å²) in [7, 11) is 3.45. The monoisotopic (exact) mass is 385 g/mol. The summed E-state index contributed by atoms with van der Waals surface area (Å²) in [4.78, 5) is 19.1. The van der Waals surface area contributed by atoms with Crippen LogP contribution in [0, 0.1) is 5.92 Å². The van der Waals surface area contributed by atoms with E-state index in [9.17, 15) is 4.79 Å². The minimum Gasteiger partial charge on any atom is -0.490 e. The first-order chi connectivity index (χ1) is 13.5. The average Bonchev–Trinajstić information content (AvgIpc) is 3.08. The second-order valence-corrected chi connectivity index (χ2v) is 7.75. The third kappa shape index (κ3) is 3.69. The number of rotatable bonds is 6. The third-order valence-corrected chi connectivity index (χ3v) is 5.53. The predicted octanol–water partition coefficient (Wildman–Crippen LogP) is 2.91. The molecule has 0 saturated carbocycles. The van der Waals surface area contributed by atoms with Crippen LogP contribution in [0.4, 0.5) is 10.5 Å². The summed E-state index contributed by atoms with van der Waals surface area (Å²) in [5, 5.41) is 7.42. The minimum absolute atomic E-state index is 0.0267. The van der Waals surface area contributed by atoms with Crippen LogP contribution in [0.15, 0.2) is 24.5 Å². The molecule has 8 nitrogen and oxygen atoms in total. The van der Waals surface area contributed by atoms with Crippen LogP contribution < -0.4 is 10.1 Å². The summed E-state index contributed by atoms with van der Waals surface area (Å²) in [5.41, 5.74) is 1.46. The van der Waals surface area contributed by atoms with Crippen molar-refractivity contribution in [1.82, 2.24) is 19.7 Å². The zero-order valence-electron chi connectivity index (χ0n) is 16.6. The molecule has 2 amide bonds. The molecule has 8 heteroatoms. The number of hydrogen-bond acceptors (Lipinski definition) is 5. The number of nitrogens with one attached hydrogen (secondary N) is 1. The highest BCUT2D eigenvalue weighted by molar-refractivity contribution is 5.91. The standard InChI is InChI=1S/C20H27N5O3/c1-13-8-15-11-16(9-13)25(15)20(26)22-14-4-5-18(28-7-6-27-3)17(10-14)19-21-12-24(2)23-19/h4-5,10,12-13,15-16H,6-9,11H2,1-3H3,(H,22,26)/t13?,15-,16?/m1/s1. The quantitative estimate of drug-likeness (QED) is 0.773. The van der Waals surface area contributed by atoms with Crippen molar-refractivity contribution in [1.29, 1.82) is 0 Å². The SMILES string of the molecule is COCCOc1ccc(NC(=O)N2C3CC(C)C[C@@H]2C3)cc1-c1ncn(C)n1. The normalized spacial score (nSPS) is 23.2. The first kappa shape index (κ1) is 18.7. The average molecular weight is 385 g/mol. The van der Waals surface area contributed by atoms with Crippen LogP contribution in [0.25, 0.3) is 11.4 Å². The molecule has 150 valence electrons. The maximum absolute atomic E-state index is 12.8. The molecule has 0 spiro atoms. The number of aromatic nitrogens is 3. The second-order valence-electron chi connectivity index (χ2n) is 7.75. The van der Waals surface area contributed by atoms with Crippen LogP contribution in [0.1, 0.15) is 26.2 Å². The number of methoxy groups -OCH3 is 1. The number of carbonyl (C=O) groups is 1. The molecule has 1 aromatic heterocycles. The Hall–Kier alpha value is -2.61. The molecule has 2 saturated heterocycles. The molecule has 1 N–H and O–H groups in total. The van der Waals surface area contributed by atoms with E-state index >= 15 is 0 Å². The van der Waals surface area contributed by atoms with E-state index in [0.29, 0.717) is 48.5 Å². The van der Waals surface area contributed by atoms with Crippen LogP contribution in [-0.2, 0) is 11.8 Å². The number of hydrogen-bond donors (Lipinski definition) is 1. The zero-order valence-corrected chi connectivity index (χ0v) is 16.6. The number of anilines is 1. The van der Waals surface area contributed by atoms with E-state index in [4.69, 9.17) is 9.47 Å². The predicted molar refractivity (Wildman–Crippen MR) is 105 cm³/mol. The number of ether oxygens (including phenoxy) is 2. The molecule has 2 aromatic rings. The van der Waals surface area contributed by atoms with E-state index in [1.165, 1.54) is 0 Å². The van der Waals surface area contributed by atoms with Crippen molar-refractivity contribution < 1.29 is 14.3 Å². The fraction of sp³-hybridized carbons (Fsp3) is 0.550. The first-order valence-corrected chi connectivity index (χ1v) is 9.76. The molecule has 2 fully saturated rings. The van der Waals surface area contributed by atoms with Gasteiger partial charge in [0.25, 0.3) is 0 Å². The van der Waals surface area contributed by atoms with Crippen LogP contribution >= 0.6 is 0 Å². The maximum Gasteiger partial charge on any atom is 0.322 e. The smallest absolute Gasteiger partial charge is 0.322 e. The van der Waals surface area contributed by atoms with E-state index in [1.54, 1.807) is 18.1 Å². The summed E-state index contributed by atoms with van der Waals surface area (Å²) in [5.74, 6) is 1.93. The van der Waals surface area contributed by atoms with E-state index in [0.717, 1.165) is 24.8 Å². The molecule has 2 unspecified atom stereocenters. The van der Waals surface area contributed by atoms with E-state index in [1.807, 2.05) is 30.1 Å². The van der Waals surface area contributed by atoms with Gasteiger partial charge in [-0.05, 0) is 43.4 Å². The fourth-order valence-electron chi connectivity index (χ4n) is 4.27. The molecule has 0 radical (unpaired) electrons. The van der Waals surface area contributed by atoms with Crippen LogP contribution in [0.5, 0.6) is 5.75 Å². The van der Waals surface area contributed by atoms with Gasteiger partial charge in [0, 0.05) is 31.9 Å². The van der Waals surface area contributed by atoms with Gasteiger partial charge in [0.1, 0.15) is 18.7 Å². The number of piperidine rings is 1. The minimum atomic E-state index is -0.0267. The topological polar surface area (TPSA) is 81.5 Å².